The number of pyridine rings is 2. The average Bonchev–Trinajstić information content (AvgIpc) is 3.45. The van der Waals surface area contributed by atoms with Crippen molar-refractivity contribution in [2.24, 2.45) is 0 Å². The zero-order valence-electron chi connectivity index (χ0n) is 18.9. The van der Waals surface area contributed by atoms with E-state index in [1.54, 1.807) is 15.6 Å². The molecule has 1 unspecified atom stereocenters. The van der Waals surface area contributed by atoms with Gasteiger partial charge in [0, 0.05) is 24.8 Å². The van der Waals surface area contributed by atoms with Crippen molar-refractivity contribution in [1.29, 1.82) is 5.26 Å². The van der Waals surface area contributed by atoms with Crippen LogP contribution in [0.25, 0.3) is 16.8 Å². The summed E-state index contributed by atoms with van der Waals surface area (Å²) < 4.78 is 16.9. The third kappa shape index (κ3) is 4.38. The van der Waals surface area contributed by atoms with Gasteiger partial charge >= 0.3 is 0 Å². The number of aromatic nitrogens is 6. The third-order valence-corrected chi connectivity index (χ3v) is 6.62. The number of fused-ring (bicyclic) bond motifs is 1. The van der Waals surface area contributed by atoms with E-state index in [2.05, 4.69) is 31.9 Å². The van der Waals surface area contributed by atoms with Crippen LogP contribution in [0, 0.1) is 24.2 Å². The predicted molar refractivity (Wildman–Crippen MR) is 127 cm³/mol. The molecule has 12 heteroatoms. The van der Waals surface area contributed by atoms with Gasteiger partial charge in [-0.1, -0.05) is 16.8 Å². The first-order chi connectivity index (χ1) is 17.0. The lowest BCUT2D eigenvalue weighted by molar-refractivity contribution is 0.237. The first-order valence-electron chi connectivity index (χ1n) is 11.2. The lowest BCUT2D eigenvalue weighted by Gasteiger charge is -2.28. The standard InChI is InChI=1S/C23H23ClFN9O/c1-14-22(30-31-34(14)17-4-6-32(13-26)7-5-17)15-8-20(23-18(24)10-28-33(23)11-15)29-21(12-35)19-3-2-16(25)9-27-19/h2-3,8-11,17,21,29,35H,4-7,12H2,1H3. The van der Waals surface area contributed by atoms with E-state index >= 15 is 0 Å². The Kier molecular flexibility index (Phi) is 6.23. The predicted octanol–water partition coefficient (Wildman–Crippen LogP) is 3.35. The molecule has 5 heterocycles. The topological polar surface area (TPSA) is 120 Å². The molecule has 0 aromatic carbocycles. The summed E-state index contributed by atoms with van der Waals surface area (Å²) in [4.78, 5) is 5.85. The van der Waals surface area contributed by atoms with Gasteiger partial charge in [0.1, 0.15) is 17.0 Å². The molecular formula is C23H23ClFN9O. The summed E-state index contributed by atoms with van der Waals surface area (Å²) in [7, 11) is 0. The number of anilines is 1. The van der Waals surface area contributed by atoms with E-state index in [0.29, 0.717) is 40.7 Å². The molecule has 1 aliphatic heterocycles. The maximum Gasteiger partial charge on any atom is 0.179 e. The van der Waals surface area contributed by atoms with Gasteiger partial charge in [-0.3, -0.25) is 4.98 Å². The molecular weight excluding hydrogens is 473 g/mol. The smallest absolute Gasteiger partial charge is 0.179 e. The highest BCUT2D eigenvalue weighted by atomic mass is 35.5. The fourth-order valence-electron chi connectivity index (χ4n) is 4.48. The van der Waals surface area contributed by atoms with Crippen molar-refractivity contribution in [1.82, 2.24) is 34.5 Å². The fourth-order valence-corrected chi connectivity index (χ4v) is 4.71. The Morgan fingerprint density at radius 1 is 1.31 bits per heavy atom. The van der Waals surface area contributed by atoms with E-state index in [1.807, 2.05) is 23.9 Å². The largest absolute Gasteiger partial charge is 0.394 e. The van der Waals surface area contributed by atoms with Crippen molar-refractivity contribution >= 4 is 22.8 Å². The van der Waals surface area contributed by atoms with Gasteiger partial charge in [0.15, 0.2) is 6.19 Å². The van der Waals surface area contributed by atoms with Gasteiger partial charge in [-0.25, -0.2) is 13.6 Å². The number of nitrogens with zero attached hydrogens (tertiary/aromatic N) is 8. The highest BCUT2D eigenvalue weighted by Crippen LogP contribution is 2.34. The third-order valence-electron chi connectivity index (χ3n) is 6.34. The van der Waals surface area contributed by atoms with Crippen LogP contribution in [0.5, 0.6) is 0 Å². The number of hydrogen-bond acceptors (Lipinski definition) is 8. The summed E-state index contributed by atoms with van der Waals surface area (Å²) in [6.45, 7) is 3.10. The number of aliphatic hydroxyl groups excluding tert-OH is 1. The fraction of sp³-hybridized carbons (Fsp3) is 0.348. The lowest BCUT2D eigenvalue weighted by Crippen LogP contribution is -2.31. The number of aliphatic hydroxyl groups is 1. The summed E-state index contributed by atoms with van der Waals surface area (Å²) in [6.07, 6.45) is 8.33. The van der Waals surface area contributed by atoms with Crippen molar-refractivity contribution in [3.8, 4) is 17.5 Å². The van der Waals surface area contributed by atoms with Crippen LogP contribution in [0.3, 0.4) is 0 Å². The molecule has 1 aliphatic rings. The molecule has 1 atom stereocenters. The Labute approximate surface area is 205 Å². The first-order valence-corrected chi connectivity index (χ1v) is 11.6. The van der Waals surface area contributed by atoms with Crippen LogP contribution in [0.2, 0.25) is 5.02 Å². The maximum absolute atomic E-state index is 13.3. The molecule has 4 aromatic rings. The molecule has 0 radical (unpaired) electrons. The molecule has 0 saturated carbocycles. The van der Waals surface area contributed by atoms with E-state index in [0.717, 1.165) is 30.3 Å². The van der Waals surface area contributed by atoms with Crippen molar-refractivity contribution in [3.05, 3.63) is 59.0 Å². The highest BCUT2D eigenvalue weighted by molar-refractivity contribution is 6.34. The number of nitriles is 1. The van der Waals surface area contributed by atoms with Crippen molar-refractivity contribution in [3.63, 3.8) is 0 Å². The molecule has 0 bridgehead atoms. The number of hydrogen-bond donors (Lipinski definition) is 2. The zero-order valence-corrected chi connectivity index (χ0v) is 19.7. The molecule has 2 N–H and O–H groups in total. The van der Waals surface area contributed by atoms with Gasteiger partial charge in [0.25, 0.3) is 0 Å². The summed E-state index contributed by atoms with van der Waals surface area (Å²) in [6, 6.07) is 4.28. The molecule has 0 aliphatic carbocycles. The molecule has 0 spiro atoms. The summed E-state index contributed by atoms with van der Waals surface area (Å²) >= 11 is 6.42. The summed E-state index contributed by atoms with van der Waals surface area (Å²) in [5.41, 5.74) is 4.10. The van der Waals surface area contributed by atoms with E-state index < -0.39 is 11.9 Å². The monoisotopic (exact) mass is 495 g/mol. The SMILES string of the molecule is Cc1c(-c2cc(NC(CO)c3ccc(F)cn3)c3c(Cl)cnn3c2)nnn1C1CCN(C#N)CC1. The Morgan fingerprint density at radius 2 is 2.11 bits per heavy atom. The minimum Gasteiger partial charge on any atom is -0.394 e. The van der Waals surface area contributed by atoms with Crippen molar-refractivity contribution in [2.75, 3.05) is 25.0 Å². The number of halogens is 2. The maximum atomic E-state index is 13.3. The summed E-state index contributed by atoms with van der Waals surface area (Å²) in [5.74, 6) is -0.453. The van der Waals surface area contributed by atoms with Crippen LogP contribution in [0.4, 0.5) is 10.1 Å². The molecule has 1 fully saturated rings. The second-order valence-electron chi connectivity index (χ2n) is 8.50. The molecule has 180 valence electrons. The Balaban J connectivity index is 1.50. The number of nitrogens with one attached hydrogen (secondary N) is 1. The van der Waals surface area contributed by atoms with Gasteiger partial charge in [0.05, 0.1) is 53.2 Å². The number of likely N-dealkylation sites (tertiary alicyclic amines) is 1. The normalized spacial score (nSPS) is 15.3. The van der Waals surface area contributed by atoms with Crippen LogP contribution in [0.15, 0.2) is 36.8 Å². The molecule has 5 rings (SSSR count). The Hall–Kier alpha value is -3.75. The molecule has 1 saturated heterocycles. The van der Waals surface area contributed by atoms with Gasteiger partial charge in [-0.15, -0.1) is 5.10 Å². The first kappa shape index (κ1) is 23.0. The van der Waals surface area contributed by atoms with Crippen LogP contribution in [0.1, 0.15) is 36.3 Å². The van der Waals surface area contributed by atoms with E-state index in [4.69, 9.17) is 16.9 Å². The van der Waals surface area contributed by atoms with E-state index in [9.17, 15) is 9.50 Å². The van der Waals surface area contributed by atoms with Gasteiger partial charge < -0.3 is 15.3 Å². The minimum atomic E-state index is -0.595. The van der Waals surface area contributed by atoms with Crippen molar-refractivity contribution in [2.45, 2.75) is 31.8 Å². The highest BCUT2D eigenvalue weighted by Gasteiger charge is 2.25. The van der Waals surface area contributed by atoms with Crippen LogP contribution in [-0.4, -0.2) is 59.3 Å². The summed E-state index contributed by atoms with van der Waals surface area (Å²) in [5, 5.41) is 36.1. The minimum absolute atomic E-state index is 0.171. The quantitative estimate of drug-likeness (QED) is 0.391. The second kappa shape index (κ2) is 9.48. The van der Waals surface area contributed by atoms with E-state index in [-0.39, 0.29) is 12.6 Å². The lowest BCUT2D eigenvalue weighted by atomic mass is 10.0. The molecule has 10 nitrogen and oxygen atoms in total. The zero-order chi connectivity index (χ0) is 24.5. The van der Waals surface area contributed by atoms with Crippen molar-refractivity contribution < 1.29 is 9.50 Å². The number of piperidine rings is 1. The molecule has 4 aromatic heterocycles. The van der Waals surface area contributed by atoms with Crippen LogP contribution in [-0.2, 0) is 0 Å². The van der Waals surface area contributed by atoms with Gasteiger partial charge in [0.2, 0.25) is 0 Å². The van der Waals surface area contributed by atoms with Gasteiger partial charge in [-0.2, -0.15) is 10.4 Å². The number of rotatable bonds is 6. The Bertz CT molecular complexity index is 1390. The van der Waals surface area contributed by atoms with E-state index in [1.165, 1.54) is 12.1 Å². The van der Waals surface area contributed by atoms with Crippen LogP contribution < -0.4 is 5.32 Å². The molecule has 35 heavy (non-hydrogen) atoms. The second-order valence-corrected chi connectivity index (χ2v) is 8.90. The average molecular weight is 496 g/mol. The molecule has 0 amide bonds. The Morgan fingerprint density at radius 3 is 2.80 bits per heavy atom. The van der Waals surface area contributed by atoms with Gasteiger partial charge in [-0.05, 0) is 38.0 Å². The van der Waals surface area contributed by atoms with Crippen LogP contribution >= 0.6 is 11.6 Å².